The Morgan fingerprint density at radius 2 is 2.27 bits per heavy atom. The molecular weight excluding hydrogens is 190 g/mol. The highest BCUT2D eigenvalue weighted by molar-refractivity contribution is 5.94. The second-order valence-corrected chi connectivity index (χ2v) is 3.47. The lowest BCUT2D eigenvalue weighted by Crippen LogP contribution is -2.25. The van der Waals surface area contributed by atoms with E-state index in [0.717, 1.165) is 12.0 Å². The van der Waals surface area contributed by atoms with Crippen LogP contribution in [0.3, 0.4) is 0 Å². The van der Waals surface area contributed by atoms with E-state index in [4.69, 9.17) is 4.74 Å². The number of rotatable bonds is 5. The molecule has 0 radical (unpaired) electrons. The Balaban J connectivity index is 2.40. The van der Waals surface area contributed by atoms with Gasteiger partial charge in [-0.1, -0.05) is 17.7 Å². The Bertz CT molecular complexity index is 323. The number of hydrogen-bond acceptors (Lipinski definition) is 2. The summed E-state index contributed by atoms with van der Waals surface area (Å²) in [4.78, 5) is 11.6. The molecule has 82 valence electrons. The molecule has 0 aromatic heterocycles. The van der Waals surface area contributed by atoms with Crippen LogP contribution in [0.4, 0.5) is 0 Å². The number of carbonyl (C=O) groups excluding carboxylic acids is 1. The highest BCUT2D eigenvalue weighted by Crippen LogP contribution is 2.03. The van der Waals surface area contributed by atoms with Crippen LogP contribution in [0, 0.1) is 6.92 Å². The largest absolute Gasteiger partial charge is 0.385 e. The van der Waals surface area contributed by atoms with E-state index in [1.807, 2.05) is 31.2 Å². The number of carbonyl (C=O) groups is 1. The van der Waals surface area contributed by atoms with Crippen molar-refractivity contribution in [3.63, 3.8) is 0 Å². The summed E-state index contributed by atoms with van der Waals surface area (Å²) < 4.78 is 4.90. The summed E-state index contributed by atoms with van der Waals surface area (Å²) in [7, 11) is 1.66. The minimum absolute atomic E-state index is 0.0187. The van der Waals surface area contributed by atoms with Crippen LogP contribution in [0.1, 0.15) is 22.3 Å². The molecule has 0 aliphatic rings. The van der Waals surface area contributed by atoms with Crippen LogP contribution >= 0.6 is 0 Å². The molecule has 0 bridgehead atoms. The molecule has 1 aromatic rings. The first-order valence-electron chi connectivity index (χ1n) is 5.08. The van der Waals surface area contributed by atoms with Crippen LogP contribution in [-0.4, -0.2) is 26.2 Å². The van der Waals surface area contributed by atoms with Crippen LogP contribution in [0.5, 0.6) is 0 Å². The molecule has 0 spiro atoms. The molecule has 15 heavy (non-hydrogen) atoms. The summed E-state index contributed by atoms with van der Waals surface area (Å²) in [5.41, 5.74) is 1.81. The van der Waals surface area contributed by atoms with Gasteiger partial charge >= 0.3 is 0 Å². The summed E-state index contributed by atoms with van der Waals surface area (Å²) in [5, 5.41) is 2.84. The Kier molecular flexibility index (Phi) is 4.84. The van der Waals surface area contributed by atoms with Gasteiger partial charge in [0.05, 0.1) is 0 Å². The van der Waals surface area contributed by atoms with Gasteiger partial charge in [0, 0.05) is 25.8 Å². The molecule has 0 saturated heterocycles. The van der Waals surface area contributed by atoms with Gasteiger partial charge in [-0.2, -0.15) is 0 Å². The van der Waals surface area contributed by atoms with E-state index >= 15 is 0 Å². The maximum atomic E-state index is 11.6. The van der Waals surface area contributed by atoms with Gasteiger partial charge in [-0.05, 0) is 25.5 Å². The van der Waals surface area contributed by atoms with E-state index in [1.165, 1.54) is 0 Å². The van der Waals surface area contributed by atoms with Crippen molar-refractivity contribution in [2.75, 3.05) is 20.3 Å². The van der Waals surface area contributed by atoms with Crippen molar-refractivity contribution in [3.05, 3.63) is 35.4 Å². The van der Waals surface area contributed by atoms with Crippen LogP contribution in [0.15, 0.2) is 24.3 Å². The van der Waals surface area contributed by atoms with E-state index in [2.05, 4.69) is 5.32 Å². The van der Waals surface area contributed by atoms with Gasteiger partial charge in [-0.3, -0.25) is 4.79 Å². The van der Waals surface area contributed by atoms with Crippen molar-refractivity contribution in [2.45, 2.75) is 13.3 Å². The van der Waals surface area contributed by atoms with E-state index < -0.39 is 0 Å². The van der Waals surface area contributed by atoms with E-state index in [1.54, 1.807) is 7.11 Å². The first-order valence-corrected chi connectivity index (χ1v) is 5.08. The second kappa shape index (κ2) is 6.19. The highest BCUT2D eigenvalue weighted by Gasteiger charge is 2.03. The standard InChI is InChI=1S/C12H17NO2/c1-10-5-3-6-11(9-10)12(14)13-7-4-8-15-2/h3,5-6,9H,4,7-8H2,1-2H3,(H,13,14). The Hall–Kier alpha value is -1.35. The number of methoxy groups -OCH3 is 1. The van der Waals surface area contributed by atoms with Crippen molar-refractivity contribution in [1.82, 2.24) is 5.32 Å². The predicted molar refractivity (Wildman–Crippen MR) is 60.0 cm³/mol. The smallest absolute Gasteiger partial charge is 0.251 e. The molecule has 0 saturated carbocycles. The number of hydrogen-bond donors (Lipinski definition) is 1. The van der Waals surface area contributed by atoms with Gasteiger partial charge in [-0.25, -0.2) is 0 Å². The predicted octanol–water partition coefficient (Wildman–Crippen LogP) is 1.76. The number of nitrogens with one attached hydrogen (secondary N) is 1. The summed E-state index contributed by atoms with van der Waals surface area (Å²) in [6, 6.07) is 7.56. The minimum Gasteiger partial charge on any atom is -0.385 e. The Morgan fingerprint density at radius 1 is 1.47 bits per heavy atom. The molecule has 1 rings (SSSR count). The van der Waals surface area contributed by atoms with Gasteiger partial charge in [0.25, 0.3) is 5.91 Å². The molecular formula is C12H17NO2. The Morgan fingerprint density at radius 3 is 2.93 bits per heavy atom. The van der Waals surface area contributed by atoms with E-state index in [9.17, 15) is 4.79 Å². The SMILES string of the molecule is COCCCNC(=O)c1cccc(C)c1. The summed E-state index contributed by atoms with van der Waals surface area (Å²) in [5.74, 6) is -0.0187. The Labute approximate surface area is 90.4 Å². The molecule has 3 nitrogen and oxygen atoms in total. The number of aryl methyl sites for hydroxylation is 1. The molecule has 1 aromatic carbocycles. The average Bonchev–Trinajstić information content (AvgIpc) is 2.24. The minimum atomic E-state index is -0.0187. The highest BCUT2D eigenvalue weighted by atomic mass is 16.5. The van der Waals surface area contributed by atoms with Gasteiger partial charge in [0.2, 0.25) is 0 Å². The summed E-state index contributed by atoms with van der Waals surface area (Å²) >= 11 is 0. The summed E-state index contributed by atoms with van der Waals surface area (Å²) in [6.45, 7) is 3.30. The third-order valence-corrected chi connectivity index (χ3v) is 2.09. The van der Waals surface area contributed by atoms with Crippen molar-refractivity contribution in [1.29, 1.82) is 0 Å². The fourth-order valence-electron chi connectivity index (χ4n) is 1.31. The van der Waals surface area contributed by atoms with Crippen molar-refractivity contribution >= 4 is 5.91 Å². The van der Waals surface area contributed by atoms with E-state index in [-0.39, 0.29) is 5.91 Å². The zero-order valence-electron chi connectivity index (χ0n) is 9.25. The van der Waals surface area contributed by atoms with Crippen LogP contribution in [0.25, 0.3) is 0 Å². The van der Waals surface area contributed by atoms with Gasteiger partial charge < -0.3 is 10.1 Å². The molecule has 0 fully saturated rings. The fraction of sp³-hybridized carbons (Fsp3) is 0.417. The molecule has 1 N–H and O–H groups in total. The third kappa shape index (κ3) is 4.13. The molecule has 3 heteroatoms. The second-order valence-electron chi connectivity index (χ2n) is 3.47. The number of ether oxygens (including phenoxy) is 1. The molecule has 0 heterocycles. The summed E-state index contributed by atoms with van der Waals surface area (Å²) in [6.07, 6.45) is 0.841. The van der Waals surface area contributed by atoms with Crippen molar-refractivity contribution < 1.29 is 9.53 Å². The number of amides is 1. The molecule has 1 amide bonds. The quantitative estimate of drug-likeness (QED) is 0.747. The van der Waals surface area contributed by atoms with Crippen LogP contribution < -0.4 is 5.32 Å². The zero-order chi connectivity index (χ0) is 11.1. The fourth-order valence-corrected chi connectivity index (χ4v) is 1.31. The third-order valence-electron chi connectivity index (χ3n) is 2.09. The maximum absolute atomic E-state index is 11.6. The molecule has 0 aliphatic carbocycles. The van der Waals surface area contributed by atoms with Crippen molar-refractivity contribution in [3.8, 4) is 0 Å². The number of benzene rings is 1. The average molecular weight is 207 g/mol. The van der Waals surface area contributed by atoms with Gasteiger partial charge in [0.1, 0.15) is 0 Å². The van der Waals surface area contributed by atoms with Crippen LogP contribution in [-0.2, 0) is 4.74 Å². The normalized spacial score (nSPS) is 10.0. The zero-order valence-corrected chi connectivity index (χ0v) is 9.25. The lowest BCUT2D eigenvalue weighted by atomic mass is 10.1. The lowest BCUT2D eigenvalue weighted by Gasteiger charge is -2.05. The monoisotopic (exact) mass is 207 g/mol. The van der Waals surface area contributed by atoms with E-state index in [0.29, 0.717) is 18.7 Å². The van der Waals surface area contributed by atoms with Gasteiger partial charge in [0.15, 0.2) is 0 Å². The first-order chi connectivity index (χ1) is 7.24. The lowest BCUT2D eigenvalue weighted by molar-refractivity contribution is 0.0948. The van der Waals surface area contributed by atoms with Crippen LogP contribution in [0.2, 0.25) is 0 Å². The topological polar surface area (TPSA) is 38.3 Å². The first kappa shape index (κ1) is 11.7. The maximum Gasteiger partial charge on any atom is 0.251 e. The van der Waals surface area contributed by atoms with Crippen molar-refractivity contribution in [2.24, 2.45) is 0 Å². The molecule has 0 atom stereocenters. The molecule has 0 aliphatic heterocycles. The molecule has 0 unspecified atom stereocenters. The van der Waals surface area contributed by atoms with Gasteiger partial charge in [-0.15, -0.1) is 0 Å².